The Labute approximate surface area is 98.2 Å². The van der Waals surface area contributed by atoms with Crippen molar-refractivity contribution in [1.29, 1.82) is 0 Å². The molecule has 1 N–H and O–H groups in total. The molecule has 0 aliphatic rings. The molecular formula is C10H8BrF3O2. The minimum absolute atomic E-state index is 0.0163. The van der Waals surface area contributed by atoms with E-state index in [4.69, 9.17) is 5.11 Å². The molecule has 16 heavy (non-hydrogen) atoms. The number of halogens is 4. The summed E-state index contributed by atoms with van der Waals surface area (Å²) in [5, 5.41) is 8.46. The van der Waals surface area contributed by atoms with Gasteiger partial charge in [-0.3, -0.25) is 4.79 Å². The van der Waals surface area contributed by atoms with E-state index in [1.54, 1.807) is 0 Å². The Morgan fingerprint density at radius 2 is 2.00 bits per heavy atom. The highest BCUT2D eigenvalue weighted by molar-refractivity contribution is 9.10. The molecule has 1 aromatic carbocycles. The van der Waals surface area contributed by atoms with Crippen LogP contribution < -0.4 is 0 Å². The number of carboxylic acids is 1. The summed E-state index contributed by atoms with van der Waals surface area (Å²) < 4.78 is 38.0. The number of benzene rings is 1. The molecule has 0 amide bonds. The summed E-state index contributed by atoms with van der Waals surface area (Å²) in [4.78, 5) is 10.3. The standard InChI is InChI=1S/C10H8BrF3O2/c11-8-3-1-2-7(10(12,13)14)6(8)4-5-9(15)16/h1-3H,4-5H2,(H,15,16). The van der Waals surface area contributed by atoms with E-state index in [2.05, 4.69) is 15.9 Å². The van der Waals surface area contributed by atoms with Gasteiger partial charge in [-0.15, -0.1) is 0 Å². The Balaban J connectivity index is 3.09. The van der Waals surface area contributed by atoms with Crippen LogP contribution in [-0.4, -0.2) is 11.1 Å². The lowest BCUT2D eigenvalue weighted by Crippen LogP contribution is -2.11. The highest BCUT2D eigenvalue weighted by atomic mass is 79.9. The van der Waals surface area contributed by atoms with Crippen molar-refractivity contribution in [2.45, 2.75) is 19.0 Å². The Kier molecular flexibility index (Phi) is 3.96. The van der Waals surface area contributed by atoms with Crippen LogP contribution in [0, 0.1) is 0 Å². The van der Waals surface area contributed by atoms with Gasteiger partial charge in [-0.25, -0.2) is 0 Å². The van der Waals surface area contributed by atoms with Crippen LogP contribution in [0.15, 0.2) is 22.7 Å². The van der Waals surface area contributed by atoms with Gasteiger partial charge in [0.2, 0.25) is 0 Å². The van der Waals surface area contributed by atoms with Crippen LogP contribution >= 0.6 is 15.9 Å². The third-order valence-electron chi connectivity index (χ3n) is 2.01. The van der Waals surface area contributed by atoms with E-state index in [0.29, 0.717) is 0 Å². The highest BCUT2D eigenvalue weighted by Gasteiger charge is 2.33. The van der Waals surface area contributed by atoms with Crippen molar-refractivity contribution in [2.24, 2.45) is 0 Å². The molecule has 0 saturated carbocycles. The summed E-state index contributed by atoms with van der Waals surface area (Å²) in [5.41, 5.74) is -0.805. The maximum Gasteiger partial charge on any atom is 0.416 e. The van der Waals surface area contributed by atoms with Crippen molar-refractivity contribution in [1.82, 2.24) is 0 Å². The number of aliphatic carboxylic acids is 1. The number of carbonyl (C=O) groups is 1. The van der Waals surface area contributed by atoms with Crippen LogP contribution in [0.4, 0.5) is 13.2 Å². The number of carboxylic acid groups (broad SMARTS) is 1. The van der Waals surface area contributed by atoms with Gasteiger partial charge in [-0.2, -0.15) is 13.2 Å². The van der Waals surface area contributed by atoms with E-state index >= 15 is 0 Å². The van der Waals surface area contributed by atoms with Crippen molar-refractivity contribution in [3.8, 4) is 0 Å². The highest BCUT2D eigenvalue weighted by Crippen LogP contribution is 2.35. The van der Waals surface area contributed by atoms with E-state index in [9.17, 15) is 18.0 Å². The molecule has 88 valence electrons. The first kappa shape index (κ1) is 13.0. The van der Waals surface area contributed by atoms with Crippen LogP contribution in [0.3, 0.4) is 0 Å². The average Bonchev–Trinajstić information content (AvgIpc) is 2.13. The minimum atomic E-state index is -4.46. The zero-order valence-electron chi connectivity index (χ0n) is 8.01. The van der Waals surface area contributed by atoms with Crippen LogP contribution in [0.25, 0.3) is 0 Å². The molecule has 2 nitrogen and oxygen atoms in total. The van der Waals surface area contributed by atoms with Crippen LogP contribution in [0.5, 0.6) is 0 Å². The minimum Gasteiger partial charge on any atom is -0.481 e. The van der Waals surface area contributed by atoms with E-state index in [-0.39, 0.29) is 22.9 Å². The second-order valence-electron chi connectivity index (χ2n) is 3.16. The predicted octanol–water partition coefficient (Wildman–Crippen LogP) is 3.49. The molecule has 0 saturated heterocycles. The molecule has 0 heterocycles. The molecule has 0 radical (unpaired) electrons. The van der Waals surface area contributed by atoms with Gasteiger partial charge in [0.15, 0.2) is 0 Å². The molecule has 1 rings (SSSR count). The average molecular weight is 297 g/mol. The monoisotopic (exact) mass is 296 g/mol. The van der Waals surface area contributed by atoms with Gasteiger partial charge in [0.05, 0.1) is 5.56 Å². The lowest BCUT2D eigenvalue weighted by molar-refractivity contribution is -0.140. The largest absolute Gasteiger partial charge is 0.481 e. The van der Waals surface area contributed by atoms with Crippen molar-refractivity contribution >= 4 is 21.9 Å². The van der Waals surface area contributed by atoms with E-state index in [0.717, 1.165) is 6.07 Å². The van der Waals surface area contributed by atoms with Gasteiger partial charge in [0, 0.05) is 10.9 Å². The fourth-order valence-corrected chi connectivity index (χ4v) is 1.87. The number of alkyl halides is 3. The Hall–Kier alpha value is -1.04. The third-order valence-corrected chi connectivity index (χ3v) is 2.76. The van der Waals surface area contributed by atoms with Gasteiger partial charge in [0.25, 0.3) is 0 Å². The fourth-order valence-electron chi connectivity index (χ4n) is 1.31. The normalized spacial score (nSPS) is 11.5. The van der Waals surface area contributed by atoms with Crippen molar-refractivity contribution in [2.75, 3.05) is 0 Å². The first-order valence-electron chi connectivity index (χ1n) is 4.38. The Morgan fingerprint density at radius 1 is 1.38 bits per heavy atom. The fraction of sp³-hybridized carbons (Fsp3) is 0.300. The first-order valence-corrected chi connectivity index (χ1v) is 5.18. The van der Waals surface area contributed by atoms with E-state index in [1.165, 1.54) is 12.1 Å². The second-order valence-corrected chi connectivity index (χ2v) is 4.01. The first-order chi connectivity index (χ1) is 7.32. The summed E-state index contributed by atoms with van der Waals surface area (Å²) in [6.45, 7) is 0. The van der Waals surface area contributed by atoms with Gasteiger partial charge in [-0.05, 0) is 24.1 Å². The van der Waals surface area contributed by atoms with E-state index in [1.807, 2.05) is 0 Å². The molecule has 0 bridgehead atoms. The topological polar surface area (TPSA) is 37.3 Å². The number of hydrogen-bond acceptors (Lipinski definition) is 1. The summed E-state index contributed by atoms with van der Waals surface area (Å²) >= 11 is 3.00. The summed E-state index contributed by atoms with van der Waals surface area (Å²) in [6, 6.07) is 3.69. The zero-order chi connectivity index (χ0) is 12.3. The number of rotatable bonds is 3. The maximum absolute atomic E-state index is 12.6. The molecule has 0 atom stereocenters. The second kappa shape index (κ2) is 4.86. The van der Waals surface area contributed by atoms with Crippen LogP contribution in [0.1, 0.15) is 17.5 Å². The van der Waals surface area contributed by atoms with Gasteiger partial charge < -0.3 is 5.11 Å². The Morgan fingerprint density at radius 3 is 2.50 bits per heavy atom. The Bertz CT molecular complexity index is 402. The quantitative estimate of drug-likeness (QED) is 0.927. The summed E-state index contributed by atoms with van der Waals surface area (Å²) in [7, 11) is 0. The third kappa shape index (κ3) is 3.23. The lowest BCUT2D eigenvalue weighted by Gasteiger charge is -2.13. The molecule has 0 aliphatic carbocycles. The van der Waals surface area contributed by atoms with Gasteiger partial charge >= 0.3 is 12.1 Å². The molecule has 0 aliphatic heterocycles. The van der Waals surface area contributed by atoms with Crippen molar-refractivity contribution in [3.63, 3.8) is 0 Å². The smallest absolute Gasteiger partial charge is 0.416 e. The SMILES string of the molecule is O=C(O)CCc1c(Br)cccc1C(F)(F)F. The molecule has 0 fully saturated rings. The van der Waals surface area contributed by atoms with Crippen molar-refractivity contribution < 1.29 is 23.1 Å². The molecule has 6 heteroatoms. The summed E-state index contributed by atoms with van der Waals surface area (Å²) in [5.74, 6) is -1.12. The molecular weight excluding hydrogens is 289 g/mol. The van der Waals surface area contributed by atoms with Crippen molar-refractivity contribution in [3.05, 3.63) is 33.8 Å². The molecule has 1 aromatic rings. The predicted molar refractivity (Wildman–Crippen MR) is 55.1 cm³/mol. The summed E-state index contributed by atoms with van der Waals surface area (Å²) in [6.07, 6.45) is -4.94. The number of hydrogen-bond donors (Lipinski definition) is 1. The van der Waals surface area contributed by atoms with E-state index < -0.39 is 17.7 Å². The van der Waals surface area contributed by atoms with Crippen LogP contribution in [0.2, 0.25) is 0 Å². The van der Waals surface area contributed by atoms with Gasteiger partial charge in [0.1, 0.15) is 0 Å². The zero-order valence-corrected chi connectivity index (χ0v) is 9.60. The molecule has 0 unspecified atom stereocenters. The maximum atomic E-state index is 12.6. The van der Waals surface area contributed by atoms with Gasteiger partial charge in [-0.1, -0.05) is 22.0 Å². The molecule has 0 aromatic heterocycles. The lowest BCUT2D eigenvalue weighted by atomic mass is 10.0. The van der Waals surface area contributed by atoms with Crippen LogP contribution in [-0.2, 0) is 17.4 Å². The molecule has 0 spiro atoms.